The van der Waals surface area contributed by atoms with Gasteiger partial charge in [0.1, 0.15) is 0 Å². The van der Waals surface area contributed by atoms with Crippen molar-refractivity contribution in [3.8, 4) is 39.1 Å². The molecule has 0 aliphatic rings. The van der Waals surface area contributed by atoms with Crippen LogP contribution in [0.3, 0.4) is 0 Å². The molecule has 1 heterocycles. The predicted molar refractivity (Wildman–Crippen MR) is 252 cm³/mol. The summed E-state index contributed by atoms with van der Waals surface area (Å²) in [6.07, 6.45) is 0. The summed E-state index contributed by atoms with van der Waals surface area (Å²) in [5.41, 5.74) is 14.2. The quantitative estimate of drug-likeness (QED) is 0.140. The highest BCUT2D eigenvalue weighted by Gasteiger charge is 2.20. The molecule has 0 saturated carbocycles. The van der Waals surface area contributed by atoms with Crippen molar-refractivity contribution in [1.82, 2.24) is 4.57 Å². The Hall–Kier alpha value is -6.94. The molecule has 1 aromatic heterocycles. The summed E-state index contributed by atoms with van der Waals surface area (Å²) in [7, 11) is -1.41. The van der Waals surface area contributed by atoms with Gasteiger partial charge in [0, 0.05) is 33.2 Å². The smallest absolute Gasteiger partial charge is 0.0775 e. The van der Waals surface area contributed by atoms with Gasteiger partial charge in [-0.15, -0.1) is 0 Å². The summed E-state index contributed by atoms with van der Waals surface area (Å²) in [6, 6.07) is 77.7. The normalized spacial score (nSPS) is 11.7. The first kappa shape index (κ1) is 35.5. The van der Waals surface area contributed by atoms with E-state index in [1.807, 2.05) is 0 Å². The van der Waals surface area contributed by atoms with Crippen molar-refractivity contribution in [1.29, 1.82) is 0 Å². The molecule has 0 unspecified atom stereocenters. The van der Waals surface area contributed by atoms with E-state index in [-0.39, 0.29) is 0 Å². The molecule has 0 aliphatic carbocycles. The summed E-state index contributed by atoms with van der Waals surface area (Å²) < 4.78 is 2.39. The molecule has 0 aliphatic heterocycles. The Labute approximate surface area is 341 Å². The van der Waals surface area contributed by atoms with Gasteiger partial charge in [-0.25, -0.2) is 0 Å². The van der Waals surface area contributed by atoms with Gasteiger partial charge in [-0.05, 0) is 93.4 Å². The van der Waals surface area contributed by atoms with Crippen LogP contribution in [0.25, 0.3) is 71.6 Å². The number of rotatable bonds is 8. The molecule has 278 valence electrons. The minimum absolute atomic E-state index is 1.10. The average Bonchev–Trinajstić information content (AvgIpc) is 3.61. The lowest BCUT2D eigenvalue weighted by atomic mass is 9.96. The van der Waals surface area contributed by atoms with Crippen molar-refractivity contribution in [2.75, 3.05) is 4.90 Å². The second-order valence-electron chi connectivity index (χ2n) is 16.2. The lowest BCUT2D eigenvalue weighted by Gasteiger charge is -2.28. The van der Waals surface area contributed by atoms with E-state index in [0.29, 0.717) is 0 Å². The number of hydrogen-bond donors (Lipinski definition) is 0. The van der Waals surface area contributed by atoms with Gasteiger partial charge < -0.3 is 9.47 Å². The third-order valence-corrected chi connectivity index (χ3v) is 13.6. The monoisotopic (exact) mass is 760 g/mol. The molecule has 0 saturated heterocycles. The zero-order chi connectivity index (χ0) is 39.2. The van der Waals surface area contributed by atoms with Crippen molar-refractivity contribution in [2.24, 2.45) is 0 Å². The van der Waals surface area contributed by atoms with Gasteiger partial charge >= 0.3 is 0 Å². The molecule has 58 heavy (non-hydrogen) atoms. The Kier molecular flexibility index (Phi) is 8.89. The molecule has 0 bridgehead atoms. The van der Waals surface area contributed by atoms with Crippen LogP contribution in [0.1, 0.15) is 0 Å². The van der Waals surface area contributed by atoms with Gasteiger partial charge in [0.05, 0.1) is 24.8 Å². The Morgan fingerprint density at radius 2 is 0.862 bits per heavy atom. The molecule has 0 radical (unpaired) electrons. The molecule has 3 heteroatoms. The van der Waals surface area contributed by atoms with Crippen LogP contribution in [0.15, 0.2) is 212 Å². The Balaban J connectivity index is 1.09. The molecular weight excluding hydrogens is 717 g/mol. The van der Waals surface area contributed by atoms with Crippen LogP contribution in [-0.4, -0.2) is 12.6 Å². The molecule has 0 fully saturated rings. The van der Waals surface area contributed by atoms with Crippen LogP contribution in [0.5, 0.6) is 0 Å². The zero-order valence-electron chi connectivity index (χ0n) is 33.1. The Bertz CT molecular complexity index is 3050. The Morgan fingerprint density at radius 3 is 1.52 bits per heavy atom. The van der Waals surface area contributed by atoms with Crippen molar-refractivity contribution in [3.63, 3.8) is 0 Å². The standard InChI is InChI=1S/C55H44N2Si/c1-58(2,3)47-33-26-42(27-34-47)48-36-37-54(50-19-11-10-18-49(48)50)56(45-29-22-40(23-30-45)39-14-6-4-7-15-39)46-31-24-41(25-32-46)43-28-35-52-51-20-12-13-21-53(51)57(55(52)38-43)44-16-8-5-9-17-44/h4-38H,1-3H3. The highest BCUT2D eigenvalue weighted by molar-refractivity contribution is 6.88. The van der Waals surface area contributed by atoms with Crippen LogP contribution < -0.4 is 10.1 Å². The Morgan fingerprint density at radius 1 is 0.362 bits per heavy atom. The summed E-state index contributed by atoms with van der Waals surface area (Å²) in [5, 5.41) is 6.45. The predicted octanol–water partition coefficient (Wildman–Crippen LogP) is 15.0. The molecular formula is C55H44N2Si. The van der Waals surface area contributed by atoms with Gasteiger partial charge in [-0.3, -0.25) is 0 Å². The van der Waals surface area contributed by atoms with E-state index < -0.39 is 8.07 Å². The number of hydrogen-bond acceptors (Lipinski definition) is 1. The van der Waals surface area contributed by atoms with Crippen LogP contribution in [0.4, 0.5) is 17.1 Å². The maximum atomic E-state index is 2.41. The second kappa shape index (κ2) is 14.5. The summed E-state index contributed by atoms with van der Waals surface area (Å²) >= 11 is 0. The molecule has 0 N–H and O–H groups in total. The molecule has 0 amide bonds. The third-order valence-electron chi connectivity index (χ3n) is 11.6. The minimum Gasteiger partial charge on any atom is -0.310 e. The van der Waals surface area contributed by atoms with Crippen molar-refractivity contribution >= 4 is 62.9 Å². The number of nitrogens with zero attached hydrogens (tertiary/aromatic N) is 2. The maximum absolute atomic E-state index is 2.41. The van der Waals surface area contributed by atoms with Crippen molar-refractivity contribution in [3.05, 3.63) is 212 Å². The van der Waals surface area contributed by atoms with Crippen LogP contribution in [0.2, 0.25) is 19.6 Å². The fraction of sp³-hybridized carbons (Fsp3) is 0.0545. The van der Waals surface area contributed by atoms with Gasteiger partial charge in [0.15, 0.2) is 0 Å². The van der Waals surface area contributed by atoms with E-state index in [0.717, 1.165) is 22.7 Å². The minimum atomic E-state index is -1.41. The lowest BCUT2D eigenvalue weighted by Crippen LogP contribution is -2.37. The van der Waals surface area contributed by atoms with Crippen molar-refractivity contribution < 1.29 is 0 Å². The average molecular weight is 761 g/mol. The van der Waals surface area contributed by atoms with Crippen LogP contribution >= 0.6 is 0 Å². The van der Waals surface area contributed by atoms with E-state index in [9.17, 15) is 0 Å². The van der Waals surface area contributed by atoms with E-state index in [4.69, 9.17) is 0 Å². The summed E-state index contributed by atoms with van der Waals surface area (Å²) in [4.78, 5) is 2.41. The number of para-hydroxylation sites is 2. The van der Waals surface area contributed by atoms with Crippen molar-refractivity contribution in [2.45, 2.75) is 19.6 Å². The van der Waals surface area contributed by atoms with E-state index >= 15 is 0 Å². The highest BCUT2D eigenvalue weighted by atomic mass is 28.3. The molecule has 2 nitrogen and oxygen atoms in total. The first-order chi connectivity index (χ1) is 28.4. The first-order valence-electron chi connectivity index (χ1n) is 20.2. The summed E-state index contributed by atoms with van der Waals surface area (Å²) in [5.74, 6) is 0. The topological polar surface area (TPSA) is 8.17 Å². The number of anilines is 3. The van der Waals surface area contributed by atoms with E-state index in [2.05, 4.69) is 241 Å². The first-order valence-corrected chi connectivity index (χ1v) is 23.7. The molecule has 10 aromatic rings. The fourth-order valence-corrected chi connectivity index (χ4v) is 9.72. The second-order valence-corrected chi connectivity index (χ2v) is 21.3. The zero-order valence-corrected chi connectivity index (χ0v) is 34.1. The van der Waals surface area contributed by atoms with Gasteiger partial charge in [-0.2, -0.15) is 0 Å². The number of aromatic nitrogens is 1. The van der Waals surface area contributed by atoms with E-state index in [1.165, 1.54) is 71.1 Å². The summed E-state index contributed by atoms with van der Waals surface area (Å²) in [6.45, 7) is 7.22. The van der Waals surface area contributed by atoms with Crippen LogP contribution in [0, 0.1) is 0 Å². The van der Waals surface area contributed by atoms with Crippen LogP contribution in [-0.2, 0) is 0 Å². The molecule has 0 atom stereocenters. The molecule has 0 spiro atoms. The number of fused-ring (bicyclic) bond motifs is 4. The largest absolute Gasteiger partial charge is 0.310 e. The van der Waals surface area contributed by atoms with Gasteiger partial charge in [0.2, 0.25) is 0 Å². The van der Waals surface area contributed by atoms with E-state index in [1.54, 1.807) is 0 Å². The molecule has 9 aromatic carbocycles. The maximum Gasteiger partial charge on any atom is 0.0775 e. The fourth-order valence-electron chi connectivity index (χ4n) is 8.55. The lowest BCUT2D eigenvalue weighted by molar-refractivity contribution is 1.18. The van der Waals surface area contributed by atoms with Gasteiger partial charge in [-0.1, -0.05) is 183 Å². The SMILES string of the molecule is C[Si](C)(C)c1ccc(-c2ccc(N(c3ccc(-c4ccccc4)cc3)c3ccc(-c4ccc5c6ccccc6n(-c6ccccc6)c5c4)cc3)c3ccccc23)cc1. The van der Waals surface area contributed by atoms with Gasteiger partial charge in [0.25, 0.3) is 0 Å². The number of benzene rings is 9. The highest BCUT2D eigenvalue weighted by Crippen LogP contribution is 2.43. The molecule has 10 rings (SSSR count). The third kappa shape index (κ3) is 6.40.